The van der Waals surface area contributed by atoms with Gasteiger partial charge in [0.25, 0.3) is 0 Å². The van der Waals surface area contributed by atoms with Crippen LogP contribution >= 0.6 is 0 Å². The number of nitrogens with one attached hydrogen (secondary N) is 1. The minimum absolute atomic E-state index is 0.296. The molecule has 2 nitrogen and oxygen atoms in total. The molecule has 4 heteroatoms. The summed E-state index contributed by atoms with van der Waals surface area (Å²) in [6, 6.07) is 11.4. The van der Waals surface area contributed by atoms with Crippen molar-refractivity contribution in [3.05, 3.63) is 70.3 Å². The van der Waals surface area contributed by atoms with E-state index in [-0.39, 0.29) is 6.04 Å². The predicted molar refractivity (Wildman–Crippen MR) is 77.5 cm³/mol. The number of halogens is 2. The zero-order valence-corrected chi connectivity index (χ0v) is 12.0. The van der Waals surface area contributed by atoms with Gasteiger partial charge < -0.3 is 5.32 Å². The van der Waals surface area contributed by atoms with Gasteiger partial charge >= 0.3 is 0 Å². The molecule has 2 aromatic carbocycles. The molecule has 0 aliphatic rings. The summed E-state index contributed by atoms with van der Waals surface area (Å²) in [5.41, 5.74) is 2.10. The van der Waals surface area contributed by atoms with Crippen LogP contribution in [0.3, 0.4) is 0 Å². The highest BCUT2D eigenvalue weighted by atomic mass is 19.1. The van der Waals surface area contributed by atoms with Crippen LogP contribution in [0.4, 0.5) is 8.78 Å². The molecule has 0 saturated heterocycles. The lowest BCUT2D eigenvalue weighted by atomic mass is 10.0. The topological polar surface area (TPSA) is 35.8 Å². The molecule has 0 aliphatic heterocycles. The van der Waals surface area contributed by atoms with Crippen LogP contribution in [0, 0.1) is 29.9 Å². The number of aryl methyl sites for hydroxylation is 1. The Kier molecular flexibility index (Phi) is 4.66. The highest BCUT2D eigenvalue weighted by Gasteiger charge is 2.13. The van der Waals surface area contributed by atoms with Gasteiger partial charge in [-0.15, -0.1) is 0 Å². The first-order chi connectivity index (χ1) is 10.0. The molecule has 0 fully saturated rings. The highest BCUT2D eigenvalue weighted by molar-refractivity contribution is 5.33. The number of hydrogen-bond donors (Lipinski definition) is 1. The van der Waals surface area contributed by atoms with Crippen molar-refractivity contribution >= 4 is 0 Å². The minimum Gasteiger partial charge on any atom is -0.306 e. The summed E-state index contributed by atoms with van der Waals surface area (Å²) in [6.07, 6.45) is 0. The molecule has 1 unspecified atom stereocenters. The smallest absolute Gasteiger partial charge is 0.128 e. The van der Waals surface area contributed by atoms with Crippen LogP contribution in [-0.4, -0.2) is 0 Å². The van der Waals surface area contributed by atoms with Crippen molar-refractivity contribution in [3.63, 3.8) is 0 Å². The second kappa shape index (κ2) is 6.47. The Bertz CT molecular complexity index is 690. The van der Waals surface area contributed by atoms with E-state index in [0.29, 0.717) is 23.2 Å². The molecule has 0 bridgehead atoms. The van der Waals surface area contributed by atoms with Crippen LogP contribution in [0.15, 0.2) is 36.4 Å². The first-order valence-electron chi connectivity index (χ1n) is 6.69. The van der Waals surface area contributed by atoms with E-state index in [9.17, 15) is 8.78 Å². The van der Waals surface area contributed by atoms with E-state index in [2.05, 4.69) is 11.4 Å². The molecule has 0 amide bonds. The first kappa shape index (κ1) is 15.1. The summed E-state index contributed by atoms with van der Waals surface area (Å²) in [4.78, 5) is 0. The van der Waals surface area contributed by atoms with E-state index >= 15 is 0 Å². The zero-order chi connectivity index (χ0) is 15.4. The minimum atomic E-state index is -0.417. The summed E-state index contributed by atoms with van der Waals surface area (Å²) in [6.45, 7) is 3.79. The molecule has 1 atom stereocenters. The van der Waals surface area contributed by atoms with E-state index in [0.717, 1.165) is 5.56 Å². The van der Waals surface area contributed by atoms with Crippen LogP contribution < -0.4 is 5.32 Å². The first-order valence-corrected chi connectivity index (χ1v) is 6.69. The zero-order valence-electron chi connectivity index (χ0n) is 12.0. The molecule has 0 aromatic heterocycles. The third kappa shape index (κ3) is 3.65. The van der Waals surface area contributed by atoms with Crippen molar-refractivity contribution in [2.75, 3.05) is 0 Å². The van der Waals surface area contributed by atoms with Gasteiger partial charge in [0.2, 0.25) is 0 Å². The SMILES string of the molecule is Cc1cc(F)c(C(C)NCc2cccc(C#N)c2)cc1F. The Labute approximate surface area is 123 Å². The van der Waals surface area contributed by atoms with Gasteiger partial charge in [-0.25, -0.2) is 8.78 Å². The van der Waals surface area contributed by atoms with Crippen molar-refractivity contribution < 1.29 is 8.78 Å². The maximum Gasteiger partial charge on any atom is 0.128 e. The summed E-state index contributed by atoms with van der Waals surface area (Å²) in [7, 11) is 0. The molecule has 2 rings (SSSR count). The summed E-state index contributed by atoms with van der Waals surface area (Å²) < 4.78 is 27.4. The van der Waals surface area contributed by atoms with Gasteiger partial charge in [-0.2, -0.15) is 5.26 Å². The average molecular weight is 286 g/mol. The second-order valence-electron chi connectivity index (χ2n) is 5.04. The largest absolute Gasteiger partial charge is 0.306 e. The van der Waals surface area contributed by atoms with E-state index in [1.807, 2.05) is 6.07 Å². The molecule has 0 spiro atoms. The Balaban J connectivity index is 2.10. The molecule has 0 radical (unpaired) electrons. The van der Waals surface area contributed by atoms with E-state index in [1.54, 1.807) is 25.1 Å². The fourth-order valence-electron chi connectivity index (χ4n) is 2.13. The summed E-state index contributed by atoms with van der Waals surface area (Å²) in [5, 5.41) is 12.0. The van der Waals surface area contributed by atoms with Crippen molar-refractivity contribution in [2.24, 2.45) is 0 Å². The Morgan fingerprint density at radius 2 is 1.95 bits per heavy atom. The monoisotopic (exact) mass is 286 g/mol. The number of rotatable bonds is 4. The lowest BCUT2D eigenvalue weighted by Crippen LogP contribution is -2.19. The standard InChI is InChI=1S/C17H16F2N2/c1-11-6-17(19)15(8-16(11)18)12(2)21-10-14-5-3-4-13(7-14)9-20/h3-8,12,21H,10H2,1-2H3. The number of hydrogen-bond acceptors (Lipinski definition) is 2. The summed E-state index contributed by atoms with van der Waals surface area (Å²) >= 11 is 0. The fraction of sp³-hybridized carbons (Fsp3) is 0.235. The van der Waals surface area contributed by atoms with Gasteiger partial charge in [-0.1, -0.05) is 12.1 Å². The van der Waals surface area contributed by atoms with Crippen molar-refractivity contribution in [1.29, 1.82) is 5.26 Å². The molecule has 1 N–H and O–H groups in total. The lowest BCUT2D eigenvalue weighted by molar-refractivity contribution is 0.516. The third-order valence-electron chi connectivity index (χ3n) is 3.41. The van der Waals surface area contributed by atoms with Gasteiger partial charge in [0.05, 0.1) is 11.6 Å². The molecule has 108 valence electrons. The van der Waals surface area contributed by atoms with Crippen LogP contribution in [0.25, 0.3) is 0 Å². The van der Waals surface area contributed by atoms with Crippen LogP contribution in [-0.2, 0) is 6.54 Å². The van der Waals surface area contributed by atoms with Crippen molar-refractivity contribution in [2.45, 2.75) is 26.4 Å². The molecule has 21 heavy (non-hydrogen) atoms. The molecule has 2 aromatic rings. The second-order valence-corrected chi connectivity index (χ2v) is 5.04. The maximum absolute atomic E-state index is 13.9. The Morgan fingerprint density at radius 1 is 1.19 bits per heavy atom. The summed E-state index contributed by atoms with van der Waals surface area (Å²) in [5.74, 6) is -0.828. The van der Waals surface area contributed by atoms with Crippen molar-refractivity contribution in [1.82, 2.24) is 5.32 Å². The van der Waals surface area contributed by atoms with Gasteiger partial charge in [0, 0.05) is 18.2 Å². The number of nitrogens with zero attached hydrogens (tertiary/aromatic N) is 1. The Hall–Kier alpha value is -2.25. The Morgan fingerprint density at radius 3 is 2.67 bits per heavy atom. The third-order valence-corrected chi connectivity index (χ3v) is 3.41. The lowest BCUT2D eigenvalue weighted by Gasteiger charge is -2.16. The van der Waals surface area contributed by atoms with E-state index in [1.165, 1.54) is 19.1 Å². The molecule has 0 aliphatic carbocycles. The predicted octanol–water partition coefficient (Wildman–Crippen LogP) is 4.00. The normalized spacial score (nSPS) is 12.0. The maximum atomic E-state index is 13.9. The average Bonchev–Trinajstić information content (AvgIpc) is 2.48. The van der Waals surface area contributed by atoms with E-state index in [4.69, 9.17) is 5.26 Å². The molecule has 0 saturated carbocycles. The van der Waals surface area contributed by atoms with Gasteiger partial charge in [-0.3, -0.25) is 0 Å². The molecular weight excluding hydrogens is 270 g/mol. The number of benzene rings is 2. The number of nitriles is 1. The quantitative estimate of drug-likeness (QED) is 0.922. The van der Waals surface area contributed by atoms with Gasteiger partial charge in [0.1, 0.15) is 11.6 Å². The van der Waals surface area contributed by atoms with Gasteiger partial charge in [0.15, 0.2) is 0 Å². The van der Waals surface area contributed by atoms with Crippen LogP contribution in [0.5, 0.6) is 0 Å². The van der Waals surface area contributed by atoms with Crippen LogP contribution in [0.2, 0.25) is 0 Å². The molecule has 0 heterocycles. The van der Waals surface area contributed by atoms with Gasteiger partial charge in [-0.05, 0) is 49.2 Å². The molecular formula is C17H16F2N2. The van der Waals surface area contributed by atoms with Crippen molar-refractivity contribution in [3.8, 4) is 6.07 Å². The highest BCUT2D eigenvalue weighted by Crippen LogP contribution is 2.21. The van der Waals surface area contributed by atoms with E-state index < -0.39 is 11.6 Å². The van der Waals surface area contributed by atoms with Crippen LogP contribution in [0.1, 0.15) is 35.2 Å². The fourth-order valence-corrected chi connectivity index (χ4v) is 2.13.